The van der Waals surface area contributed by atoms with E-state index < -0.39 is 5.60 Å². The fourth-order valence-electron chi connectivity index (χ4n) is 3.18. The van der Waals surface area contributed by atoms with Crippen molar-refractivity contribution in [2.75, 3.05) is 0 Å². The van der Waals surface area contributed by atoms with Crippen molar-refractivity contribution >= 4 is 0 Å². The molecular formula is C14H22O2. The van der Waals surface area contributed by atoms with Gasteiger partial charge in [0.1, 0.15) is 11.4 Å². The van der Waals surface area contributed by atoms with Gasteiger partial charge >= 0.3 is 0 Å². The van der Waals surface area contributed by atoms with Crippen molar-refractivity contribution in [1.82, 2.24) is 0 Å². The third-order valence-electron chi connectivity index (χ3n) is 4.00. The third kappa shape index (κ3) is 1.91. The normalized spacial score (nSPS) is 35.6. The van der Waals surface area contributed by atoms with Gasteiger partial charge in [-0.15, -0.1) is 0 Å². The molecule has 90 valence electrons. The summed E-state index contributed by atoms with van der Waals surface area (Å²) < 4.78 is 5.45. The lowest BCUT2D eigenvalue weighted by atomic mass is 9.66. The van der Waals surface area contributed by atoms with Crippen LogP contribution in [0, 0.1) is 17.8 Å². The van der Waals surface area contributed by atoms with Crippen LogP contribution in [0.1, 0.15) is 45.8 Å². The van der Waals surface area contributed by atoms with Crippen LogP contribution < -0.4 is 0 Å². The van der Waals surface area contributed by atoms with Gasteiger partial charge in [0.2, 0.25) is 0 Å². The fourth-order valence-corrected chi connectivity index (χ4v) is 3.18. The molecule has 1 N–H and O–H groups in total. The minimum atomic E-state index is -0.755. The molecule has 1 aliphatic rings. The Morgan fingerprint density at radius 2 is 2.19 bits per heavy atom. The molecule has 0 bridgehead atoms. The number of rotatable bonds is 2. The molecular weight excluding hydrogens is 200 g/mol. The predicted molar refractivity (Wildman–Crippen MR) is 63.9 cm³/mol. The summed E-state index contributed by atoms with van der Waals surface area (Å²) in [6, 6.07) is 3.78. The van der Waals surface area contributed by atoms with Crippen LogP contribution in [0.3, 0.4) is 0 Å². The second kappa shape index (κ2) is 4.25. The largest absolute Gasteiger partial charge is 0.466 e. The first-order chi connectivity index (χ1) is 7.54. The maximum atomic E-state index is 10.9. The number of hydrogen-bond acceptors (Lipinski definition) is 2. The van der Waals surface area contributed by atoms with E-state index in [1.54, 1.807) is 6.26 Å². The van der Waals surface area contributed by atoms with E-state index in [1.807, 2.05) is 12.1 Å². The monoisotopic (exact) mass is 222 g/mol. The number of hydrogen-bond donors (Lipinski definition) is 1. The van der Waals surface area contributed by atoms with Crippen LogP contribution in [-0.2, 0) is 5.60 Å². The van der Waals surface area contributed by atoms with Crippen molar-refractivity contribution in [3.8, 4) is 0 Å². The highest BCUT2D eigenvalue weighted by atomic mass is 16.4. The molecule has 2 nitrogen and oxygen atoms in total. The zero-order valence-corrected chi connectivity index (χ0v) is 10.4. The van der Waals surface area contributed by atoms with Gasteiger partial charge in [0, 0.05) is 0 Å². The van der Waals surface area contributed by atoms with Crippen LogP contribution in [0.15, 0.2) is 22.8 Å². The van der Waals surface area contributed by atoms with Gasteiger partial charge < -0.3 is 9.52 Å². The Balaban J connectivity index is 2.32. The minimum absolute atomic E-state index is 0.315. The first-order valence-corrected chi connectivity index (χ1v) is 6.30. The van der Waals surface area contributed by atoms with Gasteiger partial charge in [-0.3, -0.25) is 0 Å². The molecule has 3 atom stereocenters. The van der Waals surface area contributed by atoms with Crippen LogP contribution >= 0.6 is 0 Å². The lowest BCUT2D eigenvalue weighted by Gasteiger charge is -2.43. The van der Waals surface area contributed by atoms with Crippen molar-refractivity contribution in [2.45, 2.75) is 45.6 Å². The van der Waals surface area contributed by atoms with Crippen molar-refractivity contribution in [3.63, 3.8) is 0 Å². The molecule has 1 aromatic rings. The topological polar surface area (TPSA) is 33.4 Å². The van der Waals surface area contributed by atoms with Crippen molar-refractivity contribution in [2.24, 2.45) is 17.8 Å². The number of furan rings is 1. The van der Waals surface area contributed by atoms with Gasteiger partial charge in [-0.05, 0) is 42.7 Å². The summed E-state index contributed by atoms with van der Waals surface area (Å²) in [6.07, 6.45) is 4.79. The van der Waals surface area contributed by atoms with Crippen LogP contribution in [0.5, 0.6) is 0 Å². The summed E-state index contributed by atoms with van der Waals surface area (Å²) in [5.74, 6) is 2.13. The SMILES string of the molecule is CC1CCC(C(C)C)C(O)(c2ccco2)C1. The van der Waals surface area contributed by atoms with Crippen LogP contribution in [-0.4, -0.2) is 5.11 Å². The Morgan fingerprint density at radius 3 is 2.75 bits per heavy atom. The van der Waals surface area contributed by atoms with Crippen molar-refractivity contribution in [3.05, 3.63) is 24.2 Å². The van der Waals surface area contributed by atoms with E-state index in [-0.39, 0.29) is 0 Å². The second-order valence-corrected chi connectivity index (χ2v) is 5.64. The van der Waals surface area contributed by atoms with Gasteiger partial charge in [0.05, 0.1) is 6.26 Å². The Kier molecular flexibility index (Phi) is 3.11. The Hall–Kier alpha value is -0.760. The van der Waals surface area contributed by atoms with Gasteiger partial charge in [0.25, 0.3) is 0 Å². The molecule has 0 spiro atoms. The Labute approximate surface area is 97.7 Å². The lowest BCUT2D eigenvalue weighted by Crippen LogP contribution is -2.42. The van der Waals surface area contributed by atoms with Gasteiger partial charge in [-0.25, -0.2) is 0 Å². The van der Waals surface area contributed by atoms with Crippen molar-refractivity contribution in [1.29, 1.82) is 0 Å². The molecule has 1 heterocycles. The van der Waals surface area contributed by atoms with E-state index in [0.717, 1.165) is 18.6 Å². The van der Waals surface area contributed by atoms with Gasteiger partial charge in [-0.1, -0.05) is 27.2 Å². The smallest absolute Gasteiger partial charge is 0.135 e. The first-order valence-electron chi connectivity index (χ1n) is 6.30. The van der Waals surface area contributed by atoms with E-state index in [0.29, 0.717) is 17.8 Å². The molecule has 2 rings (SSSR count). The average Bonchev–Trinajstić information content (AvgIpc) is 2.69. The standard InChI is InChI=1S/C14H22O2/c1-10(2)12-7-6-11(3)9-14(12,15)13-5-4-8-16-13/h4-5,8,10-12,15H,6-7,9H2,1-3H3. The van der Waals surface area contributed by atoms with E-state index >= 15 is 0 Å². The van der Waals surface area contributed by atoms with E-state index in [1.165, 1.54) is 6.42 Å². The summed E-state index contributed by atoms with van der Waals surface area (Å²) >= 11 is 0. The molecule has 16 heavy (non-hydrogen) atoms. The highest BCUT2D eigenvalue weighted by Crippen LogP contribution is 2.47. The third-order valence-corrected chi connectivity index (χ3v) is 4.00. The molecule has 0 amide bonds. The van der Waals surface area contributed by atoms with E-state index in [2.05, 4.69) is 20.8 Å². The maximum Gasteiger partial charge on any atom is 0.135 e. The second-order valence-electron chi connectivity index (χ2n) is 5.64. The molecule has 1 aliphatic carbocycles. The zero-order chi connectivity index (χ0) is 11.8. The predicted octanol–water partition coefficient (Wildman–Crippen LogP) is 3.56. The van der Waals surface area contributed by atoms with Gasteiger partial charge in [-0.2, -0.15) is 0 Å². The van der Waals surface area contributed by atoms with Gasteiger partial charge in [0.15, 0.2) is 0 Å². The lowest BCUT2D eigenvalue weighted by molar-refractivity contribution is -0.101. The maximum absolute atomic E-state index is 10.9. The van der Waals surface area contributed by atoms with Crippen LogP contribution in [0.25, 0.3) is 0 Å². The van der Waals surface area contributed by atoms with Crippen LogP contribution in [0.4, 0.5) is 0 Å². The minimum Gasteiger partial charge on any atom is -0.466 e. The molecule has 2 heteroatoms. The fraction of sp³-hybridized carbons (Fsp3) is 0.714. The highest BCUT2D eigenvalue weighted by Gasteiger charge is 2.45. The summed E-state index contributed by atoms with van der Waals surface area (Å²) in [7, 11) is 0. The molecule has 0 saturated heterocycles. The molecule has 1 fully saturated rings. The first kappa shape index (κ1) is 11.7. The van der Waals surface area contributed by atoms with Crippen LogP contribution in [0.2, 0.25) is 0 Å². The summed E-state index contributed by atoms with van der Waals surface area (Å²) in [5, 5.41) is 10.9. The molecule has 0 aromatic carbocycles. The molecule has 0 aliphatic heterocycles. The molecule has 1 aromatic heterocycles. The average molecular weight is 222 g/mol. The van der Waals surface area contributed by atoms with Crippen molar-refractivity contribution < 1.29 is 9.52 Å². The van der Waals surface area contributed by atoms with E-state index in [4.69, 9.17) is 4.42 Å². The molecule has 0 radical (unpaired) electrons. The summed E-state index contributed by atoms with van der Waals surface area (Å²) in [6.45, 7) is 6.59. The summed E-state index contributed by atoms with van der Waals surface area (Å²) in [5.41, 5.74) is -0.755. The quantitative estimate of drug-likeness (QED) is 0.830. The Morgan fingerprint density at radius 1 is 1.44 bits per heavy atom. The summed E-state index contributed by atoms with van der Waals surface area (Å²) in [4.78, 5) is 0. The molecule has 3 unspecified atom stereocenters. The number of aliphatic hydroxyl groups is 1. The zero-order valence-electron chi connectivity index (χ0n) is 10.4. The Bertz CT molecular complexity index is 329. The highest BCUT2D eigenvalue weighted by molar-refractivity contribution is 5.13. The molecule has 1 saturated carbocycles. The van der Waals surface area contributed by atoms with E-state index in [9.17, 15) is 5.11 Å².